The molecule has 0 radical (unpaired) electrons. The lowest BCUT2D eigenvalue weighted by Gasteiger charge is -2.57. The molecule has 254 valence electrons. The summed E-state index contributed by atoms with van der Waals surface area (Å²) in [5, 5.41) is 2.62. The number of hydrogen-bond acceptors (Lipinski definition) is 5. The fourth-order valence-corrected chi connectivity index (χ4v) is 11.9. The van der Waals surface area contributed by atoms with E-state index in [0.717, 1.165) is 62.2 Å². The number of rotatable bonds is 5. The molecule has 10 rings (SSSR count). The first kappa shape index (κ1) is 30.7. The molecule has 0 spiro atoms. The van der Waals surface area contributed by atoms with Crippen molar-refractivity contribution < 1.29 is 14.3 Å². The van der Waals surface area contributed by atoms with Gasteiger partial charge in [0.25, 0.3) is 0 Å². The molecule has 1 saturated carbocycles. The molecule has 2 aromatic carbocycles. The molecule has 7 nitrogen and oxygen atoms in total. The average molecular weight is 649 g/mol. The summed E-state index contributed by atoms with van der Waals surface area (Å²) in [5.74, 6) is 3.43. The van der Waals surface area contributed by atoms with Gasteiger partial charge in [0.2, 0.25) is 0 Å². The van der Waals surface area contributed by atoms with Gasteiger partial charge in [0, 0.05) is 82.5 Å². The minimum Gasteiger partial charge on any atom is -0.496 e. The number of nitrogens with zero attached hydrogens (tertiary/aromatic N) is 2. The van der Waals surface area contributed by atoms with Crippen LogP contribution >= 0.6 is 0 Å². The molecule has 4 aromatic rings. The third-order valence-electron chi connectivity index (χ3n) is 14.0. The van der Waals surface area contributed by atoms with Crippen molar-refractivity contribution in [3.63, 3.8) is 0 Å². The minimum atomic E-state index is -0.656. The van der Waals surface area contributed by atoms with Crippen LogP contribution in [0.4, 0.5) is 0 Å². The number of methoxy groups -OCH3 is 2. The van der Waals surface area contributed by atoms with Gasteiger partial charge >= 0.3 is 5.97 Å². The lowest BCUT2D eigenvalue weighted by Crippen LogP contribution is -2.67. The molecule has 6 heterocycles. The van der Waals surface area contributed by atoms with Crippen molar-refractivity contribution in [1.29, 1.82) is 0 Å². The first-order valence-corrected chi connectivity index (χ1v) is 18.7. The number of carbonyl (C=O) groups excluding carboxylic acids is 1. The van der Waals surface area contributed by atoms with E-state index in [9.17, 15) is 4.79 Å². The standard InChI is InChI=1S/C41H52N4O3/c1-6-24-14-23-20-41(40(46)48-5)38-29(12-13-45(21-23)39(24)41)30-18-31(36(47-4)19-35(30)43-38)32-16-26-15-27(44(3)22-25(26)7-2)17-33-28-10-8-9-11-34(28)42-37(32)33/h8-11,18-19,23-27,32,39,42-43H,6-7,12-17,20-22H2,1-5H3/t23-,24+,25+,26+,27+,32+,39+,41+/m0/s1. The molecule has 48 heavy (non-hydrogen) atoms. The van der Waals surface area contributed by atoms with Gasteiger partial charge in [-0.1, -0.05) is 44.9 Å². The SMILES string of the molecule is CC[C@@H]1CN(C)[C@H]2Cc3c([nH]c4ccccc34)[C@@H](c3cc4c5c([nH]c4cc3OC)[C@]3(C(=O)OC)C[C@@H]4C[C@@H](CC)[C@H]3N(CC5)C4)C[C@H]1C2. The van der Waals surface area contributed by atoms with Gasteiger partial charge in [0.05, 0.1) is 14.2 Å². The third kappa shape index (κ3) is 4.28. The van der Waals surface area contributed by atoms with E-state index in [2.05, 4.69) is 77.1 Å². The van der Waals surface area contributed by atoms with Crippen molar-refractivity contribution in [3.05, 3.63) is 64.5 Å². The number of H-pyrrole nitrogens is 2. The predicted octanol–water partition coefficient (Wildman–Crippen LogP) is 7.17. The number of likely N-dealkylation sites (N-methyl/N-ethyl adjacent to an activating group) is 1. The number of piperidine rings is 3. The highest BCUT2D eigenvalue weighted by molar-refractivity contribution is 5.93. The zero-order valence-electron chi connectivity index (χ0n) is 29.4. The maximum atomic E-state index is 14.2. The Morgan fingerprint density at radius 2 is 1.79 bits per heavy atom. The summed E-state index contributed by atoms with van der Waals surface area (Å²) in [6, 6.07) is 14.3. The van der Waals surface area contributed by atoms with Gasteiger partial charge in [-0.3, -0.25) is 9.69 Å². The molecule has 1 unspecified atom stereocenters. The number of hydrogen-bond donors (Lipinski definition) is 2. The fraction of sp³-hybridized carbons (Fsp3) is 0.585. The topological polar surface area (TPSA) is 73.6 Å². The van der Waals surface area contributed by atoms with E-state index in [4.69, 9.17) is 9.47 Å². The molecule has 4 aliphatic heterocycles. The summed E-state index contributed by atoms with van der Waals surface area (Å²) in [4.78, 5) is 27.3. The fourth-order valence-electron chi connectivity index (χ4n) is 11.9. The lowest BCUT2D eigenvalue weighted by molar-refractivity contribution is -0.162. The molecule has 4 fully saturated rings. The number of benzene rings is 2. The first-order chi connectivity index (χ1) is 23.4. The summed E-state index contributed by atoms with van der Waals surface area (Å²) in [6.45, 7) is 7.94. The number of aromatic nitrogens is 2. The molecule has 9 atom stereocenters. The normalized spacial score (nSPS) is 34.3. The van der Waals surface area contributed by atoms with Gasteiger partial charge in [-0.2, -0.15) is 0 Å². The van der Waals surface area contributed by atoms with Gasteiger partial charge in [-0.05, 0) is 92.5 Å². The van der Waals surface area contributed by atoms with Crippen molar-refractivity contribution in [2.24, 2.45) is 23.7 Å². The Bertz CT molecular complexity index is 1890. The maximum Gasteiger partial charge on any atom is 0.319 e. The Balaban J connectivity index is 1.25. The van der Waals surface area contributed by atoms with Crippen LogP contribution in [0.1, 0.15) is 86.4 Å². The van der Waals surface area contributed by atoms with Gasteiger partial charge in [-0.15, -0.1) is 0 Å². The number of ether oxygens (including phenoxy) is 2. The number of nitrogens with one attached hydrogen (secondary N) is 2. The smallest absolute Gasteiger partial charge is 0.319 e. The number of para-hydroxylation sites is 1. The zero-order valence-corrected chi connectivity index (χ0v) is 29.4. The van der Waals surface area contributed by atoms with Gasteiger partial charge in [0.1, 0.15) is 11.2 Å². The Labute approximate surface area is 284 Å². The van der Waals surface area contributed by atoms with Gasteiger partial charge in [0.15, 0.2) is 0 Å². The molecular weight excluding hydrogens is 596 g/mol. The van der Waals surface area contributed by atoms with Crippen molar-refractivity contribution in [3.8, 4) is 5.75 Å². The molecule has 6 bridgehead atoms. The van der Waals surface area contributed by atoms with E-state index >= 15 is 0 Å². The molecule has 6 aliphatic rings. The van der Waals surface area contributed by atoms with Crippen LogP contribution in [-0.2, 0) is 27.8 Å². The average Bonchev–Trinajstić information content (AvgIpc) is 3.63. The molecule has 2 N–H and O–H groups in total. The van der Waals surface area contributed by atoms with Crippen LogP contribution < -0.4 is 4.74 Å². The highest BCUT2D eigenvalue weighted by Gasteiger charge is 2.62. The first-order valence-electron chi connectivity index (χ1n) is 18.7. The lowest BCUT2D eigenvalue weighted by atomic mass is 9.56. The van der Waals surface area contributed by atoms with Crippen LogP contribution in [0.15, 0.2) is 36.4 Å². The monoisotopic (exact) mass is 648 g/mol. The molecular formula is C41H52N4O3. The molecule has 0 amide bonds. The van der Waals surface area contributed by atoms with Gasteiger partial charge < -0.3 is 24.3 Å². The Kier molecular flexibility index (Phi) is 7.29. The number of fused-ring (bicyclic) bond motifs is 9. The molecule has 2 aromatic heterocycles. The Hall–Kier alpha value is -3.29. The summed E-state index contributed by atoms with van der Waals surface area (Å²) >= 11 is 0. The van der Waals surface area contributed by atoms with Crippen molar-refractivity contribution in [2.75, 3.05) is 40.9 Å². The summed E-state index contributed by atoms with van der Waals surface area (Å²) in [5.41, 5.74) is 8.22. The van der Waals surface area contributed by atoms with E-state index in [1.54, 1.807) is 7.11 Å². The molecule has 3 saturated heterocycles. The van der Waals surface area contributed by atoms with Crippen molar-refractivity contribution in [1.82, 2.24) is 19.8 Å². The Morgan fingerprint density at radius 1 is 0.958 bits per heavy atom. The van der Waals surface area contributed by atoms with E-state index < -0.39 is 5.41 Å². The van der Waals surface area contributed by atoms with Crippen molar-refractivity contribution in [2.45, 2.75) is 88.6 Å². The highest BCUT2D eigenvalue weighted by atomic mass is 16.5. The largest absolute Gasteiger partial charge is 0.496 e. The third-order valence-corrected chi connectivity index (χ3v) is 14.0. The second kappa shape index (κ2) is 11.4. The Morgan fingerprint density at radius 3 is 2.58 bits per heavy atom. The number of carbonyl (C=O) groups is 1. The quantitative estimate of drug-likeness (QED) is 0.225. The number of esters is 1. The summed E-state index contributed by atoms with van der Waals surface area (Å²) < 4.78 is 12.0. The second-order valence-electron chi connectivity index (χ2n) is 16.1. The van der Waals surface area contributed by atoms with E-state index in [1.165, 1.54) is 64.5 Å². The van der Waals surface area contributed by atoms with E-state index in [1.807, 2.05) is 7.11 Å². The van der Waals surface area contributed by atoms with Crippen LogP contribution in [0.2, 0.25) is 0 Å². The molecule has 2 aliphatic carbocycles. The van der Waals surface area contributed by atoms with E-state index in [-0.39, 0.29) is 17.9 Å². The summed E-state index contributed by atoms with van der Waals surface area (Å²) in [6.07, 6.45) is 8.76. The van der Waals surface area contributed by atoms with Crippen LogP contribution in [-0.4, -0.2) is 78.7 Å². The van der Waals surface area contributed by atoms with Crippen molar-refractivity contribution >= 4 is 27.8 Å². The van der Waals surface area contributed by atoms with Crippen LogP contribution in [0, 0.1) is 23.7 Å². The van der Waals surface area contributed by atoms with Crippen LogP contribution in [0.5, 0.6) is 5.75 Å². The number of aromatic amines is 2. The van der Waals surface area contributed by atoms with Crippen LogP contribution in [0.3, 0.4) is 0 Å². The highest BCUT2D eigenvalue weighted by Crippen LogP contribution is 2.56. The molecule has 7 heteroatoms. The van der Waals surface area contributed by atoms with Crippen LogP contribution in [0.25, 0.3) is 21.8 Å². The predicted molar refractivity (Wildman–Crippen MR) is 191 cm³/mol. The zero-order chi connectivity index (χ0) is 32.9. The van der Waals surface area contributed by atoms with E-state index in [0.29, 0.717) is 29.7 Å². The van der Waals surface area contributed by atoms with Gasteiger partial charge in [-0.25, -0.2) is 0 Å². The minimum absolute atomic E-state index is 0.0626. The second-order valence-corrected chi connectivity index (χ2v) is 16.1. The summed E-state index contributed by atoms with van der Waals surface area (Å²) in [7, 11) is 5.75. The maximum absolute atomic E-state index is 14.2. The number of likely N-dealkylation sites (tertiary alicyclic amines) is 1.